The Hall–Kier alpha value is -2.42. The molecule has 2 N–H and O–H groups in total. The summed E-state index contributed by atoms with van der Waals surface area (Å²) >= 11 is 0. The molecule has 3 rings (SSSR count). The zero-order valence-electron chi connectivity index (χ0n) is 19.9. The van der Waals surface area contributed by atoms with Crippen molar-refractivity contribution in [2.24, 2.45) is 0 Å². The average molecular weight is 474 g/mol. The molecule has 1 aliphatic rings. The molecule has 1 atom stereocenters. The fourth-order valence-electron chi connectivity index (χ4n) is 4.22. The van der Waals surface area contributed by atoms with Crippen LogP contribution in [0.1, 0.15) is 60.1 Å². The number of benzene rings is 2. The lowest BCUT2D eigenvalue weighted by atomic mass is 10.0. The zero-order chi connectivity index (χ0) is 24.0. The lowest BCUT2D eigenvalue weighted by molar-refractivity contribution is 0.0941. The van der Waals surface area contributed by atoms with Crippen molar-refractivity contribution in [3.05, 3.63) is 59.2 Å². The number of hydrogen-bond donors (Lipinski definition) is 2. The highest BCUT2D eigenvalue weighted by Gasteiger charge is 2.27. The molecule has 2 aromatic rings. The van der Waals surface area contributed by atoms with Crippen LogP contribution in [0.25, 0.3) is 0 Å². The molecule has 180 valence electrons. The lowest BCUT2D eigenvalue weighted by Crippen LogP contribution is -2.35. The summed E-state index contributed by atoms with van der Waals surface area (Å²) in [5.41, 5.74) is 2.65. The van der Waals surface area contributed by atoms with E-state index in [1.807, 2.05) is 14.1 Å². The van der Waals surface area contributed by atoms with E-state index in [4.69, 9.17) is 4.74 Å². The van der Waals surface area contributed by atoms with Gasteiger partial charge >= 0.3 is 0 Å². The monoisotopic (exact) mass is 473 g/mol. The third-order valence-corrected chi connectivity index (χ3v) is 7.79. The Morgan fingerprint density at radius 1 is 1.12 bits per heavy atom. The number of ether oxygens (including phenoxy) is 1. The van der Waals surface area contributed by atoms with Gasteiger partial charge in [0.2, 0.25) is 10.0 Å². The third-order valence-electron chi connectivity index (χ3n) is 6.24. The molecule has 0 radical (unpaired) electrons. The number of aryl methyl sites for hydroxylation is 1. The van der Waals surface area contributed by atoms with Crippen molar-refractivity contribution in [3.8, 4) is 5.75 Å². The first-order chi connectivity index (χ1) is 15.7. The molecule has 8 heteroatoms. The molecule has 0 aromatic heterocycles. The maximum atomic E-state index is 13.0. The largest absolute Gasteiger partial charge is 0.495 e. The molecule has 0 bridgehead atoms. The van der Waals surface area contributed by atoms with E-state index in [-0.39, 0.29) is 34.2 Å². The number of carbonyl (C=O) groups is 1. The molecule has 0 aliphatic heterocycles. The summed E-state index contributed by atoms with van der Waals surface area (Å²) < 4.78 is 34.1. The van der Waals surface area contributed by atoms with Gasteiger partial charge < -0.3 is 15.0 Å². The van der Waals surface area contributed by atoms with Crippen LogP contribution in [0, 0.1) is 0 Å². The Labute approximate surface area is 197 Å². The van der Waals surface area contributed by atoms with Crippen molar-refractivity contribution in [2.75, 3.05) is 27.7 Å². The predicted molar refractivity (Wildman–Crippen MR) is 130 cm³/mol. The first-order valence-corrected chi connectivity index (χ1v) is 13.0. The van der Waals surface area contributed by atoms with Gasteiger partial charge in [-0.2, -0.15) is 0 Å². The highest BCUT2D eigenvalue weighted by Crippen LogP contribution is 2.27. The highest BCUT2D eigenvalue weighted by atomic mass is 32.2. The van der Waals surface area contributed by atoms with Crippen LogP contribution >= 0.6 is 0 Å². The molecule has 0 spiro atoms. The number of nitrogens with zero attached hydrogens (tertiary/aromatic N) is 1. The summed E-state index contributed by atoms with van der Waals surface area (Å²) in [6, 6.07) is 12.8. The average Bonchev–Trinajstić information content (AvgIpc) is 3.31. The van der Waals surface area contributed by atoms with Crippen molar-refractivity contribution in [1.29, 1.82) is 0 Å². The van der Waals surface area contributed by atoms with Crippen LogP contribution in [0.4, 0.5) is 0 Å². The van der Waals surface area contributed by atoms with Crippen LogP contribution in [-0.2, 0) is 16.4 Å². The van der Waals surface area contributed by atoms with Crippen molar-refractivity contribution >= 4 is 15.9 Å². The molecule has 1 aliphatic carbocycles. The van der Waals surface area contributed by atoms with Gasteiger partial charge in [0.1, 0.15) is 10.6 Å². The smallest absolute Gasteiger partial charge is 0.251 e. The molecule has 2 aromatic carbocycles. The summed E-state index contributed by atoms with van der Waals surface area (Å²) in [7, 11) is 1.56. The SMILES string of the molecule is CCc1ccc(C(CNC(=O)c2ccc(OC)c(S(=O)(=O)NC3CCCC3)c2)N(C)C)cc1. The minimum absolute atomic E-state index is 0.00894. The van der Waals surface area contributed by atoms with Crippen molar-refractivity contribution in [3.63, 3.8) is 0 Å². The second kappa shape index (κ2) is 11.1. The molecular formula is C25H35N3O4S. The van der Waals surface area contributed by atoms with E-state index >= 15 is 0 Å². The van der Waals surface area contributed by atoms with Gasteiger partial charge in [-0.3, -0.25) is 4.79 Å². The molecular weight excluding hydrogens is 438 g/mol. The summed E-state index contributed by atoms with van der Waals surface area (Å²) in [5, 5.41) is 2.96. The fourth-order valence-corrected chi connectivity index (χ4v) is 5.72. The van der Waals surface area contributed by atoms with E-state index in [1.165, 1.54) is 24.8 Å². The van der Waals surface area contributed by atoms with Crippen LogP contribution in [0.3, 0.4) is 0 Å². The first-order valence-electron chi connectivity index (χ1n) is 11.5. The molecule has 1 fully saturated rings. The molecule has 7 nitrogen and oxygen atoms in total. The third kappa shape index (κ3) is 6.34. The minimum atomic E-state index is -3.80. The van der Waals surface area contributed by atoms with Crippen molar-refractivity contribution < 1.29 is 17.9 Å². The van der Waals surface area contributed by atoms with Crippen LogP contribution in [0.15, 0.2) is 47.4 Å². The van der Waals surface area contributed by atoms with Gasteiger partial charge in [-0.15, -0.1) is 0 Å². The van der Waals surface area contributed by atoms with Gasteiger partial charge in [-0.25, -0.2) is 13.1 Å². The van der Waals surface area contributed by atoms with Crippen molar-refractivity contribution in [2.45, 2.75) is 56.0 Å². The number of carbonyl (C=O) groups excluding carboxylic acids is 1. The van der Waals surface area contributed by atoms with Crippen LogP contribution in [0.5, 0.6) is 5.75 Å². The zero-order valence-corrected chi connectivity index (χ0v) is 20.7. The number of likely N-dealkylation sites (N-methyl/N-ethyl adjacent to an activating group) is 1. The summed E-state index contributed by atoms with van der Waals surface area (Å²) in [6.07, 6.45) is 4.66. The summed E-state index contributed by atoms with van der Waals surface area (Å²) in [5.74, 6) is -0.105. The summed E-state index contributed by atoms with van der Waals surface area (Å²) in [4.78, 5) is 15.0. The second-order valence-electron chi connectivity index (χ2n) is 8.75. The van der Waals surface area contributed by atoms with Crippen molar-refractivity contribution in [1.82, 2.24) is 14.9 Å². The lowest BCUT2D eigenvalue weighted by Gasteiger charge is -2.25. The molecule has 33 heavy (non-hydrogen) atoms. The van der Waals surface area contributed by atoms with E-state index in [1.54, 1.807) is 6.07 Å². The Morgan fingerprint density at radius 2 is 1.79 bits per heavy atom. The van der Waals surface area contributed by atoms with Gasteiger partial charge in [-0.05, 0) is 62.7 Å². The van der Waals surface area contributed by atoms with Crippen LogP contribution < -0.4 is 14.8 Å². The van der Waals surface area contributed by atoms with Gasteiger partial charge in [-0.1, -0.05) is 44.0 Å². The Bertz CT molecular complexity index is 1050. The quantitative estimate of drug-likeness (QED) is 0.551. The van der Waals surface area contributed by atoms with E-state index in [0.29, 0.717) is 6.54 Å². The Morgan fingerprint density at radius 3 is 2.36 bits per heavy atom. The number of rotatable bonds is 10. The van der Waals surface area contributed by atoms with Crippen LogP contribution in [-0.4, -0.2) is 53.0 Å². The van der Waals surface area contributed by atoms with Crippen LogP contribution in [0.2, 0.25) is 0 Å². The minimum Gasteiger partial charge on any atom is -0.495 e. The van der Waals surface area contributed by atoms with E-state index in [9.17, 15) is 13.2 Å². The van der Waals surface area contributed by atoms with E-state index in [0.717, 1.165) is 37.7 Å². The van der Waals surface area contributed by atoms with Gasteiger partial charge in [0, 0.05) is 18.2 Å². The maximum absolute atomic E-state index is 13.0. The van der Waals surface area contributed by atoms with E-state index in [2.05, 4.69) is 46.1 Å². The maximum Gasteiger partial charge on any atom is 0.251 e. The number of sulfonamides is 1. The number of nitrogens with one attached hydrogen (secondary N) is 2. The predicted octanol–water partition coefficient (Wildman–Crippen LogP) is 3.51. The molecule has 0 heterocycles. The highest BCUT2D eigenvalue weighted by molar-refractivity contribution is 7.89. The van der Waals surface area contributed by atoms with Gasteiger partial charge in [0.25, 0.3) is 5.91 Å². The number of amides is 1. The number of methoxy groups -OCH3 is 1. The normalized spacial score (nSPS) is 15.5. The first kappa shape index (κ1) is 25.2. The Balaban J connectivity index is 1.76. The van der Waals surface area contributed by atoms with E-state index < -0.39 is 10.0 Å². The standard InChI is InChI=1S/C25H35N3O4S/c1-5-18-10-12-19(13-11-18)22(28(2)3)17-26-25(29)20-14-15-23(32-4)24(16-20)33(30,31)27-21-8-6-7-9-21/h10-16,21-22,27H,5-9,17H2,1-4H3,(H,26,29). The fraction of sp³-hybridized carbons (Fsp3) is 0.480. The number of hydrogen-bond acceptors (Lipinski definition) is 5. The Kier molecular flexibility index (Phi) is 8.51. The van der Waals surface area contributed by atoms with Gasteiger partial charge in [0.15, 0.2) is 0 Å². The molecule has 0 saturated heterocycles. The summed E-state index contributed by atoms with van der Waals surface area (Å²) in [6.45, 7) is 2.51. The molecule has 1 unspecified atom stereocenters. The second-order valence-corrected chi connectivity index (χ2v) is 10.4. The topological polar surface area (TPSA) is 87.7 Å². The molecule has 1 saturated carbocycles. The molecule has 1 amide bonds. The van der Waals surface area contributed by atoms with Gasteiger partial charge in [0.05, 0.1) is 13.2 Å².